The van der Waals surface area contributed by atoms with Gasteiger partial charge in [0, 0.05) is 6.54 Å². The molecule has 0 atom stereocenters. The molecule has 2 aromatic rings. The summed E-state index contributed by atoms with van der Waals surface area (Å²) in [6, 6.07) is 11.1. The number of aromatic nitrogens is 4. The first-order valence-electron chi connectivity index (χ1n) is 8.89. The van der Waals surface area contributed by atoms with Gasteiger partial charge in [-0.15, -0.1) is 4.91 Å². The Morgan fingerprint density at radius 3 is 2.52 bits per heavy atom. The third-order valence-corrected chi connectivity index (χ3v) is 4.75. The third kappa shape index (κ3) is 3.36. The summed E-state index contributed by atoms with van der Waals surface area (Å²) >= 11 is 0. The molecule has 2 heterocycles. The maximum absolute atomic E-state index is 12.3. The largest absolute Gasteiger partial charge is 0.506 e. The van der Waals surface area contributed by atoms with Gasteiger partial charge in [-0.3, -0.25) is 9.78 Å². The maximum atomic E-state index is 12.3. The number of phenolic OH excluding ortho intramolecular Hbond substituents is 1. The van der Waals surface area contributed by atoms with Gasteiger partial charge in [0.25, 0.3) is 5.56 Å². The van der Waals surface area contributed by atoms with Gasteiger partial charge in [0.15, 0.2) is 11.5 Å². The van der Waals surface area contributed by atoms with E-state index in [0.29, 0.717) is 17.5 Å². The maximum Gasteiger partial charge on any atom is 0.349 e. The molecule has 0 aliphatic carbocycles. The van der Waals surface area contributed by atoms with Crippen molar-refractivity contribution in [2.75, 3.05) is 0 Å². The number of benzene rings is 2. The minimum atomic E-state index is -0.847. The van der Waals surface area contributed by atoms with E-state index in [1.54, 1.807) is 10.6 Å². The Kier molecular flexibility index (Phi) is 4.70. The minimum absolute atomic E-state index is 0.0187. The van der Waals surface area contributed by atoms with Crippen LogP contribution < -0.4 is 11.2 Å². The molecule has 0 unspecified atom stereocenters. The van der Waals surface area contributed by atoms with Gasteiger partial charge in [-0.25, -0.2) is 9.78 Å². The van der Waals surface area contributed by atoms with E-state index in [2.05, 4.69) is 20.1 Å². The molecule has 0 saturated carbocycles. The second-order valence-corrected chi connectivity index (χ2v) is 6.58. The summed E-state index contributed by atoms with van der Waals surface area (Å²) < 4.78 is 1.55. The molecular weight excluding hydrogens is 402 g/mol. The van der Waals surface area contributed by atoms with E-state index in [0.717, 1.165) is 0 Å². The number of hydrogen-bond acceptors (Lipinski definition) is 9. The average molecular weight is 413 g/mol. The van der Waals surface area contributed by atoms with Gasteiger partial charge >= 0.3 is 5.69 Å². The number of rotatable bonds is 4. The Hall–Kier alpha value is -4.90. The molecule has 31 heavy (non-hydrogen) atoms. The number of nitriles is 2. The van der Waals surface area contributed by atoms with Crippen molar-refractivity contribution in [3.63, 3.8) is 0 Å². The number of aryl methyl sites for hydroxylation is 2. The molecule has 0 saturated heterocycles. The van der Waals surface area contributed by atoms with E-state index < -0.39 is 11.2 Å². The summed E-state index contributed by atoms with van der Waals surface area (Å²) in [6.45, 7) is 0.190. The van der Waals surface area contributed by atoms with E-state index in [4.69, 9.17) is 0 Å². The normalized spacial score (nSPS) is 10.6. The Labute approximate surface area is 172 Å². The van der Waals surface area contributed by atoms with Gasteiger partial charge in [0.1, 0.15) is 23.6 Å². The van der Waals surface area contributed by atoms with Gasteiger partial charge in [-0.1, -0.05) is 6.07 Å². The fraction of sp³-hybridized carbons (Fsp3) is 0.100. The number of H-pyrrole nitrogens is 1. The van der Waals surface area contributed by atoms with Crippen molar-refractivity contribution in [2.24, 2.45) is 5.18 Å². The predicted molar refractivity (Wildman–Crippen MR) is 108 cm³/mol. The molecule has 4 rings (SSSR count). The number of nitrogens with zero attached hydrogens (tertiary/aromatic N) is 6. The summed E-state index contributed by atoms with van der Waals surface area (Å²) in [7, 11) is 0. The Morgan fingerprint density at radius 1 is 1.10 bits per heavy atom. The van der Waals surface area contributed by atoms with Crippen molar-refractivity contribution in [2.45, 2.75) is 13.0 Å². The van der Waals surface area contributed by atoms with E-state index in [1.165, 1.54) is 24.3 Å². The van der Waals surface area contributed by atoms with Crippen LogP contribution in [0.1, 0.15) is 16.7 Å². The predicted octanol–water partition coefficient (Wildman–Crippen LogP) is 1.67. The van der Waals surface area contributed by atoms with Crippen molar-refractivity contribution in [1.82, 2.24) is 19.5 Å². The topological polar surface area (TPSA) is 178 Å². The first kappa shape index (κ1) is 19.4. The molecule has 150 valence electrons. The van der Waals surface area contributed by atoms with Crippen molar-refractivity contribution < 1.29 is 5.11 Å². The molecule has 0 radical (unpaired) electrons. The minimum Gasteiger partial charge on any atom is -0.506 e. The second kappa shape index (κ2) is 7.50. The highest BCUT2D eigenvalue weighted by Crippen LogP contribution is 2.28. The SMILES string of the molecule is N#Cc1cc2nc3c(=O)[nH]c(=O)nc-3n(CCc3ccc(N=O)c(O)c3)c2cc1C#N. The number of aromatic hydroxyl groups is 1. The lowest BCUT2D eigenvalue weighted by molar-refractivity contribution is 0.475. The van der Waals surface area contributed by atoms with Crippen LogP contribution in [0.5, 0.6) is 5.75 Å². The molecule has 0 amide bonds. The van der Waals surface area contributed by atoms with Gasteiger partial charge in [-0.05, 0) is 41.4 Å². The van der Waals surface area contributed by atoms with Gasteiger partial charge < -0.3 is 9.67 Å². The van der Waals surface area contributed by atoms with E-state index in [-0.39, 0.29) is 46.1 Å². The molecule has 2 aromatic carbocycles. The van der Waals surface area contributed by atoms with Gasteiger partial charge in [-0.2, -0.15) is 15.5 Å². The lowest BCUT2D eigenvalue weighted by Crippen LogP contribution is -2.29. The molecule has 2 N–H and O–H groups in total. The highest BCUT2D eigenvalue weighted by Gasteiger charge is 2.20. The zero-order chi connectivity index (χ0) is 22.1. The molecule has 0 fully saturated rings. The highest BCUT2D eigenvalue weighted by atomic mass is 16.3. The Bertz CT molecular complexity index is 1540. The van der Waals surface area contributed by atoms with Crippen molar-refractivity contribution in [3.8, 4) is 29.4 Å². The molecule has 2 aliphatic rings. The molecule has 11 heteroatoms. The molecular formula is C20H11N7O4. The standard InChI is InChI=1S/C20H11N7O4/c21-8-11-6-14-15(7-12(11)9-22)27(18-17(23-14)19(29)25-20(30)24-18)4-3-10-1-2-13(26-31)16(28)5-10/h1-2,5-7,28H,3-4H2,(H,25,29,30). The number of fused-ring (bicyclic) bond motifs is 2. The summed E-state index contributed by atoms with van der Waals surface area (Å²) in [5, 5.41) is 31.2. The highest BCUT2D eigenvalue weighted by molar-refractivity contribution is 5.82. The first-order chi connectivity index (χ1) is 14.9. The number of phenols is 1. The molecule has 2 aliphatic heterocycles. The van der Waals surface area contributed by atoms with Crippen molar-refractivity contribution in [3.05, 3.63) is 72.8 Å². The van der Waals surface area contributed by atoms with E-state index in [9.17, 15) is 30.1 Å². The van der Waals surface area contributed by atoms with Crippen LogP contribution in [0.15, 0.2) is 45.1 Å². The fourth-order valence-electron chi connectivity index (χ4n) is 3.29. The third-order valence-electron chi connectivity index (χ3n) is 4.75. The summed E-state index contributed by atoms with van der Waals surface area (Å²) in [4.78, 5) is 45.0. The smallest absolute Gasteiger partial charge is 0.349 e. The quantitative estimate of drug-likeness (QED) is 0.374. The Balaban J connectivity index is 1.94. The van der Waals surface area contributed by atoms with Gasteiger partial charge in [0.05, 0.1) is 22.2 Å². The van der Waals surface area contributed by atoms with Crippen LogP contribution in [0, 0.1) is 27.6 Å². The van der Waals surface area contributed by atoms with Crippen molar-refractivity contribution in [1.29, 1.82) is 10.5 Å². The van der Waals surface area contributed by atoms with Crippen LogP contribution in [-0.4, -0.2) is 24.6 Å². The number of aromatic amines is 1. The monoisotopic (exact) mass is 413 g/mol. The summed E-state index contributed by atoms with van der Waals surface area (Å²) in [6.07, 6.45) is 0.316. The molecule has 11 nitrogen and oxygen atoms in total. The molecule has 0 bridgehead atoms. The van der Waals surface area contributed by atoms with Crippen LogP contribution in [-0.2, 0) is 13.0 Å². The van der Waals surface area contributed by atoms with E-state index in [1.807, 2.05) is 12.1 Å². The van der Waals surface area contributed by atoms with Crippen LogP contribution in [0.2, 0.25) is 0 Å². The average Bonchev–Trinajstić information content (AvgIpc) is 2.76. The van der Waals surface area contributed by atoms with Crippen LogP contribution >= 0.6 is 0 Å². The lowest BCUT2D eigenvalue weighted by Gasteiger charge is -2.17. The zero-order valence-corrected chi connectivity index (χ0v) is 15.7. The van der Waals surface area contributed by atoms with Crippen LogP contribution in [0.3, 0.4) is 0 Å². The summed E-state index contributed by atoms with van der Waals surface area (Å²) in [5.74, 6) is -0.256. The van der Waals surface area contributed by atoms with Crippen molar-refractivity contribution >= 4 is 16.7 Å². The second-order valence-electron chi connectivity index (χ2n) is 6.58. The Morgan fingerprint density at radius 2 is 1.84 bits per heavy atom. The number of nitroso groups, excluding NO2 is 1. The zero-order valence-electron chi connectivity index (χ0n) is 15.7. The molecule has 0 spiro atoms. The van der Waals surface area contributed by atoms with Gasteiger partial charge in [0.2, 0.25) is 0 Å². The number of nitrogens with one attached hydrogen (secondary N) is 1. The fourth-order valence-corrected chi connectivity index (χ4v) is 3.29. The van der Waals surface area contributed by atoms with Crippen LogP contribution in [0.4, 0.5) is 5.69 Å². The first-order valence-corrected chi connectivity index (χ1v) is 8.89. The lowest BCUT2D eigenvalue weighted by atomic mass is 10.1. The van der Waals surface area contributed by atoms with Crippen LogP contribution in [0.25, 0.3) is 22.6 Å². The summed E-state index contributed by atoms with van der Waals surface area (Å²) in [5.41, 5.74) is -0.235. The molecule has 0 aromatic heterocycles. The van der Waals surface area contributed by atoms with E-state index >= 15 is 0 Å². The number of hydrogen-bond donors (Lipinski definition) is 2.